The summed E-state index contributed by atoms with van der Waals surface area (Å²) >= 11 is 1.45. The molecule has 0 aromatic carbocycles. The molecule has 1 amide bonds. The fourth-order valence-electron chi connectivity index (χ4n) is 2.28. The van der Waals surface area contributed by atoms with Crippen LogP contribution < -0.4 is 5.32 Å². The first-order valence-corrected chi connectivity index (χ1v) is 8.04. The second kappa shape index (κ2) is 7.40. The third kappa shape index (κ3) is 4.42. The predicted molar refractivity (Wildman–Crippen MR) is 81.3 cm³/mol. The van der Waals surface area contributed by atoms with Gasteiger partial charge in [0.15, 0.2) is 5.13 Å². The van der Waals surface area contributed by atoms with E-state index in [1.165, 1.54) is 18.4 Å². The molecule has 0 spiro atoms. The minimum Gasteiger partial charge on any atom is -0.469 e. The van der Waals surface area contributed by atoms with Crippen molar-refractivity contribution in [1.82, 2.24) is 9.88 Å². The summed E-state index contributed by atoms with van der Waals surface area (Å²) in [5.74, 6) is -0.117. The van der Waals surface area contributed by atoms with E-state index in [1.807, 2.05) is 17.2 Å². The number of likely N-dealkylation sites (tertiary alicyclic amines) is 1. The van der Waals surface area contributed by atoms with E-state index in [1.54, 1.807) is 0 Å². The number of methoxy groups -OCH3 is 1. The fraction of sp³-hybridized carbons (Fsp3) is 0.643. The maximum Gasteiger partial charge on any atom is 0.305 e. The third-order valence-electron chi connectivity index (χ3n) is 3.49. The van der Waals surface area contributed by atoms with Crippen LogP contribution in [0, 0.1) is 0 Å². The molecule has 0 aliphatic carbocycles. The standard InChI is InChI=1S/C14H21N3O3S/c1-10(13(19)17-7-3-4-8-17)15-14-16-11(9-21-14)5-6-12(18)20-2/h9-10H,3-8H2,1-2H3,(H,15,16). The van der Waals surface area contributed by atoms with E-state index in [0.29, 0.717) is 12.8 Å². The molecule has 1 aliphatic rings. The second-order valence-electron chi connectivity index (χ2n) is 5.12. The van der Waals surface area contributed by atoms with Gasteiger partial charge in [-0.25, -0.2) is 4.98 Å². The number of hydrogen-bond donors (Lipinski definition) is 1. The molecule has 1 unspecified atom stereocenters. The zero-order chi connectivity index (χ0) is 15.2. The van der Waals surface area contributed by atoms with Gasteiger partial charge in [-0.05, 0) is 19.8 Å². The quantitative estimate of drug-likeness (QED) is 0.809. The van der Waals surface area contributed by atoms with Gasteiger partial charge >= 0.3 is 5.97 Å². The minimum absolute atomic E-state index is 0.124. The Bertz CT molecular complexity index is 497. The molecule has 1 aromatic heterocycles. The molecule has 7 heteroatoms. The Labute approximate surface area is 128 Å². The van der Waals surface area contributed by atoms with Gasteiger partial charge in [0.05, 0.1) is 19.2 Å². The van der Waals surface area contributed by atoms with Crippen molar-refractivity contribution in [3.8, 4) is 0 Å². The van der Waals surface area contributed by atoms with Crippen LogP contribution in [0.5, 0.6) is 0 Å². The molecule has 2 heterocycles. The maximum atomic E-state index is 12.2. The van der Waals surface area contributed by atoms with Gasteiger partial charge in [0, 0.05) is 24.9 Å². The van der Waals surface area contributed by atoms with Gasteiger partial charge in [0.1, 0.15) is 6.04 Å². The highest BCUT2D eigenvalue weighted by atomic mass is 32.1. The zero-order valence-corrected chi connectivity index (χ0v) is 13.2. The van der Waals surface area contributed by atoms with Gasteiger partial charge in [0.2, 0.25) is 5.91 Å². The van der Waals surface area contributed by atoms with E-state index >= 15 is 0 Å². The lowest BCUT2D eigenvalue weighted by molar-refractivity contribution is -0.140. The van der Waals surface area contributed by atoms with E-state index in [4.69, 9.17) is 0 Å². The van der Waals surface area contributed by atoms with Crippen LogP contribution in [0.2, 0.25) is 0 Å². The predicted octanol–water partition coefficient (Wildman–Crippen LogP) is 1.67. The normalized spacial score (nSPS) is 15.8. The maximum absolute atomic E-state index is 12.2. The monoisotopic (exact) mass is 311 g/mol. The Kier molecular flexibility index (Phi) is 5.55. The van der Waals surface area contributed by atoms with E-state index in [0.717, 1.165) is 36.8 Å². The van der Waals surface area contributed by atoms with Crippen molar-refractivity contribution in [3.63, 3.8) is 0 Å². The first-order valence-electron chi connectivity index (χ1n) is 7.16. The lowest BCUT2D eigenvalue weighted by Crippen LogP contribution is -2.39. The van der Waals surface area contributed by atoms with Gasteiger partial charge in [-0.3, -0.25) is 9.59 Å². The first-order chi connectivity index (χ1) is 10.1. The summed E-state index contributed by atoms with van der Waals surface area (Å²) < 4.78 is 4.60. The van der Waals surface area contributed by atoms with Crippen molar-refractivity contribution < 1.29 is 14.3 Å². The molecule has 1 fully saturated rings. The number of carbonyl (C=O) groups excluding carboxylic acids is 2. The summed E-state index contributed by atoms with van der Waals surface area (Å²) in [7, 11) is 1.38. The molecule has 0 radical (unpaired) electrons. The SMILES string of the molecule is COC(=O)CCc1csc(NC(C)C(=O)N2CCCC2)n1. The first kappa shape index (κ1) is 15.8. The number of aryl methyl sites for hydroxylation is 1. The Balaban J connectivity index is 1.83. The number of carbonyl (C=O) groups is 2. The zero-order valence-electron chi connectivity index (χ0n) is 12.4. The molecular formula is C14H21N3O3S. The number of anilines is 1. The highest BCUT2D eigenvalue weighted by molar-refractivity contribution is 7.13. The average Bonchev–Trinajstić information content (AvgIpc) is 3.15. The number of thiazole rings is 1. The molecule has 0 bridgehead atoms. The van der Waals surface area contributed by atoms with Crippen molar-refractivity contribution in [1.29, 1.82) is 0 Å². The van der Waals surface area contributed by atoms with Gasteiger partial charge in [-0.15, -0.1) is 11.3 Å². The van der Waals surface area contributed by atoms with Gasteiger partial charge in [0.25, 0.3) is 0 Å². The Morgan fingerprint density at radius 2 is 2.19 bits per heavy atom. The van der Waals surface area contributed by atoms with Crippen LogP contribution in [0.15, 0.2) is 5.38 Å². The molecule has 1 saturated heterocycles. The molecule has 116 valence electrons. The van der Waals surface area contributed by atoms with E-state index in [2.05, 4.69) is 15.0 Å². The number of esters is 1. The summed E-state index contributed by atoms with van der Waals surface area (Å²) in [5.41, 5.74) is 0.841. The van der Waals surface area contributed by atoms with Gasteiger partial charge in [-0.2, -0.15) is 0 Å². The lowest BCUT2D eigenvalue weighted by atomic mass is 10.2. The third-order valence-corrected chi connectivity index (χ3v) is 4.32. The largest absolute Gasteiger partial charge is 0.469 e. The number of ether oxygens (including phenoxy) is 1. The van der Waals surface area contributed by atoms with Crippen LogP contribution >= 0.6 is 11.3 Å². The molecule has 2 rings (SSSR count). The van der Waals surface area contributed by atoms with Crippen LogP contribution in [0.25, 0.3) is 0 Å². The molecule has 0 saturated carbocycles. The van der Waals surface area contributed by atoms with Crippen molar-refractivity contribution in [2.75, 3.05) is 25.5 Å². The van der Waals surface area contributed by atoms with Crippen LogP contribution in [-0.2, 0) is 20.7 Å². The molecule has 21 heavy (non-hydrogen) atoms. The van der Waals surface area contributed by atoms with Crippen molar-refractivity contribution in [2.24, 2.45) is 0 Å². The van der Waals surface area contributed by atoms with E-state index in [-0.39, 0.29) is 17.9 Å². The highest BCUT2D eigenvalue weighted by Crippen LogP contribution is 2.19. The van der Waals surface area contributed by atoms with Crippen molar-refractivity contribution in [2.45, 2.75) is 38.6 Å². The molecule has 1 aromatic rings. The number of aromatic nitrogens is 1. The number of amides is 1. The highest BCUT2D eigenvalue weighted by Gasteiger charge is 2.23. The van der Waals surface area contributed by atoms with Crippen LogP contribution in [0.1, 0.15) is 31.9 Å². The minimum atomic E-state index is -0.275. The second-order valence-corrected chi connectivity index (χ2v) is 5.98. The summed E-state index contributed by atoms with van der Waals surface area (Å²) in [6.07, 6.45) is 3.06. The average molecular weight is 311 g/mol. The van der Waals surface area contributed by atoms with Gasteiger partial charge in [-0.1, -0.05) is 0 Å². The Morgan fingerprint density at radius 1 is 1.48 bits per heavy atom. The molecule has 6 nitrogen and oxygen atoms in total. The van der Waals surface area contributed by atoms with Crippen LogP contribution in [0.3, 0.4) is 0 Å². The molecule has 1 N–H and O–H groups in total. The molecular weight excluding hydrogens is 290 g/mol. The van der Waals surface area contributed by atoms with E-state index in [9.17, 15) is 9.59 Å². The summed E-state index contributed by atoms with van der Waals surface area (Å²) in [4.78, 5) is 29.6. The smallest absolute Gasteiger partial charge is 0.305 e. The van der Waals surface area contributed by atoms with Crippen LogP contribution in [-0.4, -0.2) is 48.0 Å². The topological polar surface area (TPSA) is 71.5 Å². The van der Waals surface area contributed by atoms with E-state index < -0.39 is 0 Å². The summed E-state index contributed by atoms with van der Waals surface area (Å²) in [6, 6.07) is -0.275. The van der Waals surface area contributed by atoms with Crippen molar-refractivity contribution >= 4 is 28.3 Å². The molecule has 1 aliphatic heterocycles. The van der Waals surface area contributed by atoms with Crippen molar-refractivity contribution in [3.05, 3.63) is 11.1 Å². The Morgan fingerprint density at radius 3 is 2.86 bits per heavy atom. The van der Waals surface area contributed by atoms with Gasteiger partial charge < -0.3 is 15.0 Å². The number of rotatable bonds is 6. The Hall–Kier alpha value is -1.63. The molecule has 1 atom stereocenters. The number of hydrogen-bond acceptors (Lipinski definition) is 6. The number of nitrogens with zero attached hydrogens (tertiary/aromatic N) is 2. The fourth-order valence-corrected chi connectivity index (χ4v) is 3.11. The summed E-state index contributed by atoms with van der Waals surface area (Å²) in [5, 5.41) is 5.76. The lowest BCUT2D eigenvalue weighted by Gasteiger charge is -2.20. The summed E-state index contributed by atoms with van der Waals surface area (Å²) in [6.45, 7) is 3.57. The number of nitrogens with one attached hydrogen (secondary N) is 1. The van der Waals surface area contributed by atoms with Crippen LogP contribution in [0.4, 0.5) is 5.13 Å².